The maximum Gasteiger partial charge on any atom is 0.275 e. The molecule has 1 amide bonds. The van der Waals surface area contributed by atoms with Crippen molar-refractivity contribution < 1.29 is 14.1 Å². The summed E-state index contributed by atoms with van der Waals surface area (Å²) in [4.78, 5) is 18.5. The van der Waals surface area contributed by atoms with Gasteiger partial charge in [-0.05, 0) is 32.2 Å². The van der Waals surface area contributed by atoms with E-state index in [0.717, 1.165) is 17.1 Å². The number of aromatic nitrogens is 1. The van der Waals surface area contributed by atoms with E-state index in [0.29, 0.717) is 19.0 Å². The lowest BCUT2D eigenvalue weighted by Crippen LogP contribution is -3.11. The summed E-state index contributed by atoms with van der Waals surface area (Å²) in [5.74, 6) is 0.728. The highest BCUT2D eigenvalue weighted by Crippen LogP contribution is 2.23. The molecule has 0 bridgehead atoms. The summed E-state index contributed by atoms with van der Waals surface area (Å²) in [6, 6.07) is 4.14. The van der Waals surface area contributed by atoms with E-state index in [9.17, 15) is 4.79 Å². The Morgan fingerprint density at radius 3 is 2.95 bits per heavy atom. The molecule has 0 aliphatic carbocycles. The second kappa shape index (κ2) is 7.38. The predicted molar refractivity (Wildman–Crippen MR) is 83.2 cm³/mol. The van der Waals surface area contributed by atoms with Gasteiger partial charge in [-0.1, -0.05) is 6.07 Å². The third kappa shape index (κ3) is 4.68. The van der Waals surface area contributed by atoms with E-state index in [2.05, 4.69) is 17.2 Å². The van der Waals surface area contributed by atoms with Crippen LogP contribution >= 0.6 is 11.3 Å². The monoisotopic (exact) mass is 308 g/mol. The van der Waals surface area contributed by atoms with Gasteiger partial charge < -0.3 is 14.6 Å². The maximum atomic E-state index is 11.8. The highest BCUT2D eigenvalue weighted by Gasteiger charge is 2.16. The van der Waals surface area contributed by atoms with E-state index in [1.165, 1.54) is 4.90 Å². The summed E-state index contributed by atoms with van der Waals surface area (Å²) in [5.41, 5.74) is 0.882. The number of nitrogens with one attached hydrogen (secondary N) is 2. The fourth-order valence-corrected chi connectivity index (χ4v) is 2.73. The molecular formula is C15H22N3O2S+. The van der Waals surface area contributed by atoms with Crippen LogP contribution in [0.15, 0.2) is 28.2 Å². The van der Waals surface area contributed by atoms with Gasteiger partial charge in [0.05, 0.1) is 11.4 Å². The number of oxazole rings is 1. The standard InChI is InChI=1S/C15H21N3O2S/c1-4-18(9-14(19)16-11(2)3)8-12-10-20-15(17-12)13-6-5-7-21-13/h5-7,10-11H,4,8-9H2,1-3H3,(H,16,19)/p+1. The second-order valence-corrected chi connectivity index (χ2v) is 6.25. The molecule has 0 aliphatic rings. The molecule has 1 atom stereocenters. The van der Waals surface area contributed by atoms with E-state index in [4.69, 9.17) is 4.42 Å². The molecule has 0 spiro atoms. The lowest BCUT2D eigenvalue weighted by molar-refractivity contribution is -0.904. The van der Waals surface area contributed by atoms with Gasteiger partial charge in [0.1, 0.15) is 18.5 Å². The Hall–Kier alpha value is -1.66. The van der Waals surface area contributed by atoms with E-state index < -0.39 is 0 Å². The van der Waals surface area contributed by atoms with Crippen LogP contribution in [0.25, 0.3) is 10.8 Å². The minimum atomic E-state index is 0.0730. The van der Waals surface area contributed by atoms with Crippen LogP contribution in [0.5, 0.6) is 0 Å². The molecule has 1 unspecified atom stereocenters. The van der Waals surface area contributed by atoms with Gasteiger partial charge in [-0.3, -0.25) is 4.79 Å². The van der Waals surface area contributed by atoms with E-state index in [-0.39, 0.29) is 11.9 Å². The molecule has 21 heavy (non-hydrogen) atoms. The normalized spacial score (nSPS) is 12.6. The topological polar surface area (TPSA) is 59.6 Å². The molecule has 5 nitrogen and oxygen atoms in total. The Balaban J connectivity index is 1.94. The van der Waals surface area contributed by atoms with Crippen molar-refractivity contribution in [2.24, 2.45) is 0 Å². The van der Waals surface area contributed by atoms with Crippen molar-refractivity contribution in [1.82, 2.24) is 10.3 Å². The minimum Gasteiger partial charge on any atom is -0.443 e. The summed E-state index contributed by atoms with van der Waals surface area (Å²) in [5, 5.41) is 4.92. The molecule has 0 saturated carbocycles. The lowest BCUT2D eigenvalue weighted by Gasteiger charge is -2.16. The van der Waals surface area contributed by atoms with Crippen molar-refractivity contribution in [2.75, 3.05) is 13.1 Å². The smallest absolute Gasteiger partial charge is 0.275 e. The zero-order valence-electron chi connectivity index (χ0n) is 12.7. The third-order valence-corrected chi connectivity index (χ3v) is 3.93. The number of carbonyl (C=O) groups excluding carboxylic acids is 1. The number of likely N-dealkylation sites (N-methyl/N-ethyl adjacent to an activating group) is 1. The summed E-state index contributed by atoms with van der Waals surface area (Å²) in [7, 11) is 0. The molecule has 0 fully saturated rings. The first kappa shape index (κ1) is 15.7. The number of nitrogens with zero attached hydrogens (tertiary/aromatic N) is 1. The summed E-state index contributed by atoms with van der Waals surface area (Å²) >= 11 is 1.60. The molecule has 0 aliphatic heterocycles. The van der Waals surface area contributed by atoms with Crippen molar-refractivity contribution in [2.45, 2.75) is 33.4 Å². The van der Waals surface area contributed by atoms with Gasteiger partial charge in [-0.15, -0.1) is 11.3 Å². The molecule has 0 saturated heterocycles. The molecule has 6 heteroatoms. The van der Waals surface area contributed by atoms with Crippen LogP contribution in [-0.2, 0) is 11.3 Å². The van der Waals surface area contributed by atoms with E-state index in [1.807, 2.05) is 31.4 Å². The highest BCUT2D eigenvalue weighted by atomic mass is 32.1. The Labute approximate surface area is 129 Å². The van der Waals surface area contributed by atoms with Gasteiger partial charge in [0.2, 0.25) is 5.89 Å². The van der Waals surface area contributed by atoms with Crippen LogP contribution in [0.4, 0.5) is 0 Å². The quantitative estimate of drug-likeness (QED) is 0.811. The van der Waals surface area contributed by atoms with E-state index in [1.54, 1.807) is 17.6 Å². The van der Waals surface area contributed by atoms with Gasteiger partial charge >= 0.3 is 0 Å². The summed E-state index contributed by atoms with van der Waals surface area (Å²) in [6.07, 6.45) is 1.69. The number of quaternary nitrogens is 1. The minimum absolute atomic E-state index is 0.0730. The largest absolute Gasteiger partial charge is 0.443 e. The number of carbonyl (C=O) groups is 1. The van der Waals surface area contributed by atoms with Gasteiger partial charge in [-0.25, -0.2) is 4.98 Å². The third-order valence-electron chi connectivity index (χ3n) is 3.08. The summed E-state index contributed by atoms with van der Waals surface area (Å²) in [6.45, 7) is 8.01. The maximum absolute atomic E-state index is 11.8. The second-order valence-electron chi connectivity index (χ2n) is 5.30. The Bertz CT molecular complexity index is 563. The SMILES string of the molecule is CC[NH+](CC(=O)NC(C)C)Cc1coc(-c2cccs2)n1. The van der Waals surface area contributed by atoms with Crippen molar-refractivity contribution in [3.63, 3.8) is 0 Å². The summed E-state index contributed by atoms with van der Waals surface area (Å²) < 4.78 is 5.51. The van der Waals surface area contributed by atoms with Crippen LogP contribution in [0.3, 0.4) is 0 Å². The predicted octanol–water partition coefficient (Wildman–Crippen LogP) is 1.33. The average Bonchev–Trinajstić information content (AvgIpc) is 3.07. The Morgan fingerprint density at radius 2 is 2.33 bits per heavy atom. The van der Waals surface area contributed by atoms with Crippen molar-refractivity contribution in [1.29, 1.82) is 0 Å². The zero-order chi connectivity index (χ0) is 15.2. The van der Waals surface area contributed by atoms with Crippen LogP contribution < -0.4 is 10.2 Å². The van der Waals surface area contributed by atoms with Crippen LogP contribution in [0.1, 0.15) is 26.5 Å². The number of hydrogen-bond acceptors (Lipinski definition) is 4. The molecule has 0 aromatic carbocycles. The average molecular weight is 308 g/mol. The van der Waals surface area contributed by atoms with Crippen LogP contribution in [-0.4, -0.2) is 30.0 Å². The molecule has 2 heterocycles. The molecule has 114 valence electrons. The first-order chi connectivity index (χ1) is 10.1. The van der Waals surface area contributed by atoms with Crippen molar-refractivity contribution in [3.8, 4) is 10.8 Å². The van der Waals surface area contributed by atoms with Gasteiger partial charge in [0.25, 0.3) is 5.91 Å². The number of hydrogen-bond donors (Lipinski definition) is 2. The van der Waals surface area contributed by atoms with Gasteiger partial charge in [-0.2, -0.15) is 0 Å². The highest BCUT2D eigenvalue weighted by molar-refractivity contribution is 7.13. The molecular weight excluding hydrogens is 286 g/mol. The lowest BCUT2D eigenvalue weighted by atomic mass is 10.3. The molecule has 0 radical (unpaired) electrons. The Morgan fingerprint density at radius 1 is 1.52 bits per heavy atom. The van der Waals surface area contributed by atoms with E-state index >= 15 is 0 Å². The Kier molecular flexibility index (Phi) is 5.52. The van der Waals surface area contributed by atoms with Crippen LogP contribution in [0.2, 0.25) is 0 Å². The first-order valence-electron chi connectivity index (χ1n) is 7.19. The van der Waals surface area contributed by atoms with Crippen molar-refractivity contribution >= 4 is 17.2 Å². The number of amides is 1. The number of rotatable bonds is 7. The molecule has 2 aromatic heterocycles. The van der Waals surface area contributed by atoms with Gasteiger partial charge in [0, 0.05) is 6.04 Å². The molecule has 2 N–H and O–H groups in total. The fraction of sp³-hybridized carbons (Fsp3) is 0.467. The fourth-order valence-electron chi connectivity index (χ4n) is 2.07. The number of thiophene rings is 1. The van der Waals surface area contributed by atoms with Gasteiger partial charge in [0.15, 0.2) is 6.54 Å². The molecule has 2 rings (SSSR count). The zero-order valence-corrected chi connectivity index (χ0v) is 13.5. The van der Waals surface area contributed by atoms with Crippen LogP contribution in [0, 0.1) is 0 Å². The first-order valence-corrected chi connectivity index (χ1v) is 8.07. The van der Waals surface area contributed by atoms with Crippen molar-refractivity contribution in [3.05, 3.63) is 29.5 Å². The molecule has 2 aromatic rings.